The molecule has 0 atom stereocenters. The lowest BCUT2D eigenvalue weighted by molar-refractivity contribution is 0.355. The lowest BCUT2D eigenvalue weighted by Gasteiger charge is -2.18. The lowest BCUT2D eigenvalue weighted by Crippen LogP contribution is -2.29. The molecule has 0 fully saturated rings. The van der Waals surface area contributed by atoms with E-state index in [4.69, 9.17) is 13.9 Å². The van der Waals surface area contributed by atoms with Crippen LogP contribution in [0.25, 0.3) is 11.0 Å². The van der Waals surface area contributed by atoms with Gasteiger partial charge in [0, 0.05) is 18.0 Å². The maximum absolute atomic E-state index is 12.0. The zero-order valence-corrected chi connectivity index (χ0v) is 10.9. The van der Waals surface area contributed by atoms with Gasteiger partial charge in [-0.05, 0) is 24.6 Å². The summed E-state index contributed by atoms with van der Waals surface area (Å²) in [5, 5.41) is 4.11. The van der Waals surface area contributed by atoms with Crippen LogP contribution in [-0.4, -0.2) is 20.8 Å². The Morgan fingerprint density at radius 2 is 1.89 bits per heavy atom. The zero-order chi connectivity index (χ0) is 13.4. The molecule has 0 saturated heterocycles. The summed E-state index contributed by atoms with van der Waals surface area (Å²) in [6, 6.07) is 3.58. The Morgan fingerprint density at radius 3 is 2.63 bits per heavy atom. The van der Waals surface area contributed by atoms with Crippen LogP contribution in [0.1, 0.15) is 11.1 Å². The van der Waals surface area contributed by atoms with Crippen LogP contribution in [0.15, 0.2) is 21.3 Å². The highest BCUT2D eigenvalue weighted by Crippen LogP contribution is 2.34. The molecule has 2 heterocycles. The quantitative estimate of drug-likeness (QED) is 0.829. The van der Waals surface area contributed by atoms with Gasteiger partial charge in [-0.3, -0.25) is 0 Å². The summed E-state index contributed by atoms with van der Waals surface area (Å²) >= 11 is 0. The van der Waals surface area contributed by atoms with Gasteiger partial charge in [-0.25, -0.2) is 4.79 Å². The van der Waals surface area contributed by atoms with E-state index in [2.05, 4.69) is 5.32 Å². The third-order valence-electron chi connectivity index (χ3n) is 3.48. The van der Waals surface area contributed by atoms with Crippen LogP contribution in [0.5, 0.6) is 11.5 Å². The van der Waals surface area contributed by atoms with Crippen molar-refractivity contribution < 1.29 is 13.9 Å². The Labute approximate surface area is 110 Å². The molecule has 0 amide bonds. The van der Waals surface area contributed by atoms with Crippen molar-refractivity contribution >= 4 is 11.0 Å². The van der Waals surface area contributed by atoms with Gasteiger partial charge < -0.3 is 19.2 Å². The van der Waals surface area contributed by atoms with Crippen LogP contribution in [-0.2, 0) is 13.0 Å². The maximum Gasteiger partial charge on any atom is 0.341 e. The van der Waals surface area contributed by atoms with Gasteiger partial charge in [-0.1, -0.05) is 0 Å². The van der Waals surface area contributed by atoms with Crippen LogP contribution < -0.4 is 20.4 Å². The molecule has 5 heteroatoms. The molecule has 19 heavy (non-hydrogen) atoms. The minimum atomic E-state index is -0.276. The molecule has 1 aromatic carbocycles. The SMILES string of the molecule is COc1cc2oc(=O)c3c(c2cc1OC)CCNC3. The van der Waals surface area contributed by atoms with Crippen molar-refractivity contribution in [2.24, 2.45) is 0 Å². The Kier molecular flexibility index (Phi) is 2.91. The first-order valence-electron chi connectivity index (χ1n) is 6.16. The van der Waals surface area contributed by atoms with Gasteiger partial charge in [-0.15, -0.1) is 0 Å². The minimum absolute atomic E-state index is 0.276. The number of hydrogen-bond acceptors (Lipinski definition) is 5. The van der Waals surface area contributed by atoms with E-state index in [0.29, 0.717) is 29.2 Å². The van der Waals surface area contributed by atoms with E-state index in [1.807, 2.05) is 6.07 Å². The number of methoxy groups -OCH3 is 2. The first-order chi connectivity index (χ1) is 9.24. The smallest absolute Gasteiger partial charge is 0.341 e. The van der Waals surface area contributed by atoms with E-state index in [1.165, 1.54) is 0 Å². The second-order valence-electron chi connectivity index (χ2n) is 4.48. The number of rotatable bonds is 2. The van der Waals surface area contributed by atoms with E-state index in [9.17, 15) is 4.79 Å². The molecule has 0 radical (unpaired) electrons. The van der Waals surface area contributed by atoms with Crippen molar-refractivity contribution in [2.45, 2.75) is 13.0 Å². The van der Waals surface area contributed by atoms with Crippen molar-refractivity contribution in [3.63, 3.8) is 0 Å². The molecule has 0 unspecified atom stereocenters. The van der Waals surface area contributed by atoms with Gasteiger partial charge in [0.15, 0.2) is 11.5 Å². The molecule has 3 rings (SSSR count). The Hall–Kier alpha value is -2.01. The normalized spacial score (nSPS) is 14.2. The molecular weight excluding hydrogens is 246 g/mol. The van der Waals surface area contributed by atoms with Gasteiger partial charge in [0.25, 0.3) is 0 Å². The van der Waals surface area contributed by atoms with Crippen LogP contribution in [0.3, 0.4) is 0 Å². The van der Waals surface area contributed by atoms with Crippen molar-refractivity contribution in [1.82, 2.24) is 5.32 Å². The van der Waals surface area contributed by atoms with Gasteiger partial charge in [0.1, 0.15) is 5.58 Å². The van der Waals surface area contributed by atoms with Crippen molar-refractivity contribution in [3.8, 4) is 11.5 Å². The molecule has 1 N–H and O–H groups in total. The fourth-order valence-corrected chi connectivity index (χ4v) is 2.52. The fraction of sp³-hybridized carbons (Fsp3) is 0.357. The van der Waals surface area contributed by atoms with Gasteiger partial charge in [0.2, 0.25) is 0 Å². The van der Waals surface area contributed by atoms with E-state index in [1.54, 1.807) is 20.3 Å². The summed E-state index contributed by atoms with van der Waals surface area (Å²) in [7, 11) is 3.15. The predicted octanol–water partition coefficient (Wildman–Crippen LogP) is 1.46. The number of ether oxygens (including phenoxy) is 2. The van der Waals surface area contributed by atoms with Crippen molar-refractivity contribution in [2.75, 3.05) is 20.8 Å². The number of fused-ring (bicyclic) bond motifs is 3. The topological polar surface area (TPSA) is 60.7 Å². The third kappa shape index (κ3) is 1.86. The lowest BCUT2D eigenvalue weighted by atomic mass is 9.98. The highest BCUT2D eigenvalue weighted by atomic mass is 16.5. The van der Waals surface area contributed by atoms with E-state index in [-0.39, 0.29) is 5.63 Å². The number of nitrogens with one attached hydrogen (secondary N) is 1. The summed E-state index contributed by atoms with van der Waals surface area (Å²) in [5.74, 6) is 1.21. The molecule has 1 aromatic heterocycles. The molecule has 1 aliphatic heterocycles. The van der Waals surface area contributed by atoms with E-state index in [0.717, 1.165) is 23.9 Å². The zero-order valence-electron chi connectivity index (χ0n) is 10.9. The minimum Gasteiger partial charge on any atom is -0.493 e. The third-order valence-corrected chi connectivity index (χ3v) is 3.48. The molecule has 0 spiro atoms. The molecule has 5 nitrogen and oxygen atoms in total. The average Bonchev–Trinajstić information content (AvgIpc) is 2.46. The first-order valence-corrected chi connectivity index (χ1v) is 6.16. The number of hydrogen-bond donors (Lipinski definition) is 1. The molecule has 0 aliphatic carbocycles. The van der Waals surface area contributed by atoms with Crippen molar-refractivity contribution in [3.05, 3.63) is 33.7 Å². The summed E-state index contributed by atoms with van der Waals surface area (Å²) in [5.41, 5.74) is 2.03. The monoisotopic (exact) mass is 261 g/mol. The molecule has 100 valence electrons. The van der Waals surface area contributed by atoms with Gasteiger partial charge in [-0.2, -0.15) is 0 Å². The van der Waals surface area contributed by atoms with Crippen LogP contribution in [0.4, 0.5) is 0 Å². The predicted molar refractivity (Wildman–Crippen MR) is 71.0 cm³/mol. The number of benzene rings is 1. The van der Waals surface area contributed by atoms with Gasteiger partial charge in [0.05, 0.1) is 19.8 Å². The highest BCUT2D eigenvalue weighted by Gasteiger charge is 2.19. The molecule has 0 bridgehead atoms. The second-order valence-corrected chi connectivity index (χ2v) is 4.48. The highest BCUT2D eigenvalue weighted by molar-refractivity contribution is 5.85. The first kappa shape index (κ1) is 12.0. The molecular formula is C14H15NO4. The fourth-order valence-electron chi connectivity index (χ4n) is 2.52. The summed E-state index contributed by atoms with van der Waals surface area (Å²) in [6.45, 7) is 1.42. The van der Waals surface area contributed by atoms with E-state index < -0.39 is 0 Å². The summed E-state index contributed by atoms with van der Waals surface area (Å²) < 4.78 is 15.9. The van der Waals surface area contributed by atoms with Crippen molar-refractivity contribution in [1.29, 1.82) is 0 Å². The Bertz CT molecular complexity index is 690. The Balaban J connectivity index is 2.35. The van der Waals surface area contributed by atoms with Crippen LogP contribution in [0, 0.1) is 0 Å². The van der Waals surface area contributed by atoms with Crippen LogP contribution in [0.2, 0.25) is 0 Å². The largest absolute Gasteiger partial charge is 0.493 e. The average molecular weight is 261 g/mol. The van der Waals surface area contributed by atoms with E-state index >= 15 is 0 Å². The molecule has 1 aliphatic rings. The Morgan fingerprint density at radius 1 is 1.16 bits per heavy atom. The summed E-state index contributed by atoms with van der Waals surface area (Å²) in [6.07, 6.45) is 0.812. The summed E-state index contributed by atoms with van der Waals surface area (Å²) in [4.78, 5) is 12.0. The van der Waals surface area contributed by atoms with Gasteiger partial charge >= 0.3 is 5.63 Å². The maximum atomic E-state index is 12.0. The second kappa shape index (κ2) is 4.59. The molecule has 0 saturated carbocycles. The molecule has 2 aromatic rings. The van der Waals surface area contributed by atoms with Crippen LogP contribution >= 0.6 is 0 Å². The standard InChI is InChI=1S/C14H15NO4/c1-17-12-5-9-8-3-4-15-7-10(8)14(16)19-11(9)6-13(12)18-2/h5-6,15H,3-4,7H2,1-2H3.